The summed E-state index contributed by atoms with van der Waals surface area (Å²) in [5.41, 5.74) is 1.47. The lowest BCUT2D eigenvalue weighted by atomic mass is 10.0. The van der Waals surface area contributed by atoms with Gasteiger partial charge in [0.1, 0.15) is 0 Å². The Bertz CT molecular complexity index is 280. The van der Waals surface area contributed by atoms with Gasteiger partial charge in [0.2, 0.25) is 0 Å². The zero-order valence-corrected chi connectivity index (χ0v) is 10.6. The van der Waals surface area contributed by atoms with Crippen LogP contribution in [-0.4, -0.2) is 15.6 Å². The zero-order valence-electron chi connectivity index (χ0n) is 9.49. The minimum atomic E-state index is -0.854. The van der Waals surface area contributed by atoms with E-state index in [1.54, 1.807) is 0 Å². The molecule has 0 aromatic heterocycles. The molecule has 82 valence electrons. The van der Waals surface area contributed by atoms with Crippen LogP contribution in [0.5, 0.6) is 0 Å². The van der Waals surface area contributed by atoms with E-state index in [0.29, 0.717) is 5.92 Å². The highest BCUT2D eigenvalue weighted by molar-refractivity contribution is 6.52. The molecule has 0 spiro atoms. The molecule has 0 saturated carbocycles. The van der Waals surface area contributed by atoms with E-state index in [0.717, 1.165) is 6.61 Å². The Morgan fingerprint density at radius 2 is 2.07 bits per heavy atom. The van der Waals surface area contributed by atoms with Gasteiger partial charge in [0.05, 0.1) is 0 Å². The van der Waals surface area contributed by atoms with Gasteiger partial charge in [-0.05, 0) is 30.0 Å². The summed E-state index contributed by atoms with van der Waals surface area (Å²) in [5, 5.41) is 0. The molecule has 2 rings (SSSR count). The molecule has 1 nitrogen and oxygen atoms in total. The maximum absolute atomic E-state index is 5.91. The topological polar surface area (TPSA) is 9.23 Å². The Hall–Kier alpha value is -0.603. The minimum Gasteiger partial charge on any atom is -0.420 e. The fourth-order valence-corrected chi connectivity index (χ4v) is 5.15. The first kappa shape index (κ1) is 10.9. The third kappa shape index (κ3) is 3.18. The van der Waals surface area contributed by atoms with Crippen molar-refractivity contribution >= 4 is 9.04 Å². The van der Waals surface area contributed by atoms with Crippen LogP contribution >= 0.6 is 0 Å². The summed E-state index contributed by atoms with van der Waals surface area (Å²) >= 11 is 0. The largest absolute Gasteiger partial charge is 0.420 e. The van der Waals surface area contributed by atoms with Crippen LogP contribution in [-0.2, 0) is 4.43 Å². The molecule has 0 N–H and O–H groups in total. The van der Waals surface area contributed by atoms with E-state index in [1.807, 2.05) is 0 Å². The van der Waals surface area contributed by atoms with Gasteiger partial charge in [-0.2, -0.15) is 0 Å². The Labute approximate surface area is 94.2 Å². The van der Waals surface area contributed by atoms with Crippen LogP contribution in [0.15, 0.2) is 30.3 Å². The highest BCUT2D eigenvalue weighted by atomic mass is 28.3. The fraction of sp³-hybridized carbons (Fsp3) is 0.538. The van der Waals surface area contributed by atoms with Gasteiger partial charge >= 0.3 is 0 Å². The molecule has 0 aliphatic carbocycles. The number of benzene rings is 1. The summed E-state index contributed by atoms with van der Waals surface area (Å²) in [6.45, 7) is 3.36. The SMILES string of the molecule is CC(C[SiH]1CCCCO1)c1ccccc1. The number of hydrogen-bond acceptors (Lipinski definition) is 1. The lowest BCUT2D eigenvalue weighted by Gasteiger charge is -2.24. The van der Waals surface area contributed by atoms with Crippen LogP contribution in [0.4, 0.5) is 0 Å². The Balaban J connectivity index is 1.88. The van der Waals surface area contributed by atoms with Crippen molar-refractivity contribution in [2.75, 3.05) is 6.61 Å². The molecular formula is C13H20OSi. The van der Waals surface area contributed by atoms with Crippen LogP contribution in [0.25, 0.3) is 0 Å². The standard InChI is InChI=1S/C13H20OSi/c1-12(13-7-3-2-4-8-13)11-15-10-6-5-9-14-15/h2-4,7-8,12,15H,5-6,9-11H2,1H3. The Kier molecular flexibility index (Phi) is 3.98. The van der Waals surface area contributed by atoms with Crippen molar-refractivity contribution in [2.24, 2.45) is 0 Å². The van der Waals surface area contributed by atoms with Crippen LogP contribution < -0.4 is 0 Å². The Morgan fingerprint density at radius 1 is 1.27 bits per heavy atom. The second kappa shape index (κ2) is 5.47. The van der Waals surface area contributed by atoms with Crippen molar-refractivity contribution in [1.29, 1.82) is 0 Å². The monoisotopic (exact) mass is 220 g/mol. The quantitative estimate of drug-likeness (QED) is 0.710. The van der Waals surface area contributed by atoms with E-state index in [-0.39, 0.29) is 0 Å². The molecule has 1 aliphatic heterocycles. The molecule has 1 saturated heterocycles. The van der Waals surface area contributed by atoms with Gasteiger partial charge in [-0.25, -0.2) is 0 Å². The molecule has 2 unspecified atom stereocenters. The highest BCUT2D eigenvalue weighted by Crippen LogP contribution is 2.25. The van der Waals surface area contributed by atoms with E-state index in [4.69, 9.17) is 4.43 Å². The highest BCUT2D eigenvalue weighted by Gasteiger charge is 2.19. The third-order valence-electron chi connectivity index (χ3n) is 3.26. The van der Waals surface area contributed by atoms with Gasteiger partial charge in [-0.1, -0.05) is 43.7 Å². The van der Waals surface area contributed by atoms with Gasteiger partial charge < -0.3 is 4.43 Å². The van der Waals surface area contributed by atoms with Crippen molar-refractivity contribution in [3.8, 4) is 0 Å². The molecule has 1 heterocycles. The second-order valence-electron chi connectivity index (χ2n) is 4.54. The lowest BCUT2D eigenvalue weighted by molar-refractivity contribution is 0.285. The third-order valence-corrected chi connectivity index (χ3v) is 6.25. The average Bonchev–Trinajstić information content (AvgIpc) is 2.31. The smallest absolute Gasteiger partial charge is 0.177 e. The maximum atomic E-state index is 5.91. The molecule has 1 fully saturated rings. The molecule has 15 heavy (non-hydrogen) atoms. The summed E-state index contributed by atoms with van der Waals surface area (Å²) in [6, 6.07) is 13.5. The van der Waals surface area contributed by atoms with Crippen molar-refractivity contribution in [2.45, 2.75) is 37.8 Å². The van der Waals surface area contributed by atoms with E-state index in [2.05, 4.69) is 37.3 Å². The molecule has 1 aliphatic rings. The summed E-state index contributed by atoms with van der Waals surface area (Å²) in [4.78, 5) is 0. The fourth-order valence-electron chi connectivity index (χ4n) is 2.31. The summed E-state index contributed by atoms with van der Waals surface area (Å²) in [6.07, 6.45) is 2.68. The Morgan fingerprint density at radius 3 is 2.73 bits per heavy atom. The predicted octanol–water partition coefficient (Wildman–Crippen LogP) is 3.32. The number of hydrogen-bond donors (Lipinski definition) is 0. The first-order chi connectivity index (χ1) is 7.36. The first-order valence-corrected chi connectivity index (χ1v) is 8.13. The van der Waals surface area contributed by atoms with Crippen LogP contribution in [0.1, 0.15) is 31.2 Å². The van der Waals surface area contributed by atoms with Crippen molar-refractivity contribution in [3.63, 3.8) is 0 Å². The molecule has 0 radical (unpaired) electrons. The average molecular weight is 220 g/mol. The van der Waals surface area contributed by atoms with Gasteiger partial charge in [-0.3, -0.25) is 0 Å². The van der Waals surface area contributed by atoms with Crippen molar-refractivity contribution < 1.29 is 4.43 Å². The van der Waals surface area contributed by atoms with Crippen LogP contribution in [0.2, 0.25) is 12.1 Å². The van der Waals surface area contributed by atoms with E-state index in [1.165, 1.54) is 30.5 Å². The molecule has 2 heteroatoms. The normalized spacial score (nSPS) is 23.7. The molecule has 1 aromatic carbocycles. The maximum Gasteiger partial charge on any atom is 0.177 e. The predicted molar refractivity (Wildman–Crippen MR) is 66.8 cm³/mol. The van der Waals surface area contributed by atoms with E-state index >= 15 is 0 Å². The minimum absolute atomic E-state index is 0.681. The molecule has 0 amide bonds. The molecular weight excluding hydrogens is 200 g/mol. The van der Waals surface area contributed by atoms with Crippen LogP contribution in [0.3, 0.4) is 0 Å². The first-order valence-electron chi connectivity index (χ1n) is 6.03. The molecule has 1 aromatic rings. The van der Waals surface area contributed by atoms with Gasteiger partial charge in [-0.15, -0.1) is 0 Å². The van der Waals surface area contributed by atoms with E-state index in [9.17, 15) is 0 Å². The van der Waals surface area contributed by atoms with Gasteiger partial charge in [0.15, 0.2) is 9.04 Å². The lowest BCUT2D eigenvalue weighted by Crippen LogP contribution is -2.24. The van der Waals surface area contributed by atoms with Crippen molar-refractivity contribution in [3.05, 3.63) is 35.9 Å². The molecule has 0 bridgehead atoms. The van der Waals surface area contributed by atoms with E-state index < -0.39 is 9.04 Å². The van der Waals surface area contributed by atoms with Crippen molar-refractivity contribution in [1.82, 2.24) is 0 Å². The van der Waals surface area contributed by atoms with Gasteiger partial charge in [0.25, 0.3) is 0 Å². The zero-order chi connectivity index (χ0) is 10.5. The summed E-state index contributed by atoms with van der Waals surface area (Å²) in [5.74, 6) is 0.681. The summed E-state index contributed by atoms with van der Waals surface area (Å²) < 4.78 is 5.91. The second-order valence-corrected chi connectivity index (χ2v) is 7.16. The molecule has 2 atom stereocenters. The number of rotatable bonds is 3. The summed E-state index contributed by atoms with van der Waals surface area (Å²) in [7, 11) is -0.854. The van der Waals surface area contributed by atoms with Crippen LogP contribution in [0, 0.1) is 0 Å². The van der Waals surface area contributed by atoms with Gasteiger partial charge in [0, 0.05) is 6.61 Å².